The first kappa shape index (κ1) is 15.8. The van der Waals surface area contributed by atoms with Gasteiger partial charge in [0.25, 0.3) is 5.91 Å². The fourth-order valence-corrected chi connectivity index (χ4v) is 3.85. The SMILES string of the molecule is CC1(C)CC(NC(=O)c2ccc(I)cc2)CC(C)(C)[NH2+]1. The average molecular weight is 387 g/mol. The lowest BCUT2D eigenvalue weighted by atomic mass is 9.79. The van der Waals surface area contributed by atoms with Gasteiger partial charge < -0.3 is 10.6 Å². The van der Waals surface area contributed by atoms with Crippen molar-refractivity contribution in [3.63, 3.8) is 0 Å². The Hall–Kier alpha value is -0.620. The van der Waals surface area contributed by atoms with Crippen molar-refractivity contribution < 1.29 is 10.1 Å². The molecule has 1 aliphatic rings. The fourth-order valence-electron chi connectivity index (χ4n) is 3.49. The predicted molar refractivity (Wildman–Crippen MR) is 89.7 cm³/mol. The van der Waals surface area contributed by atoms with Crippen LogP contribution in [0.4, 0.5) is 0 Å². The van der Waals surface area contributed by atoms with Crippen molar-refractivity contribution in [2.75, 3.05) is 0 Å². The maximum atomic E-state index is 12.3. The molecule has 0 aliphatic carbocycles. The molecule has 0 atom stereocenters. The van der Waals surface area contributed by atoms with Crippen LogP contribution in [-0.4, -0.2) is 23.0 Å². The van der Waals surface area contributed by atoms with Gasteiger partial charge in [-0.3, -0.25) is 4.79 Å². The van der Waals surface area contributed by atoms with Crippen LogP contribution in [0, 0.1) is 3.57 Å². The number of piperidine rings is 1. The van der Waals surface area contributed by atoms with E-state index in [9.17, 15) is 4.79 Å². The highest BCUT2D eigenvalue weighted by atomic mass is 127. The maximum Gasteiger partial charge on any atom is 0.251 e. The third-order valence-electron chi connectivity index (χ3n) is 3.77. The second-order valence-corrected chi connectivity index (χ2v) is 8.45. The van der Waals surface area contributed by atoms with Crippen LogP contribution in [0.5, 0.6) is 0 Å². The first-order valence-corrected chi connectivity index (χ1v) is 8.18. The molecule has 3 N–H and O–H groups in total. The Balaban J connectivity index is 2.05. The second kappa shape index (κ2) is 5.64. The summed E-state index contributed by atoms with van der Waals surface area (Å²) in [6.07, 6.45) is 2.01. The van der Waals surface area contributed by atoms with Crippen LogP contribution in [0.3, 0.4) is 0 Å². The lowest BCUT2D eigenvalue weighted by molar-refractivity contribution is -0.787. The highest BCUT2D eigenvalue weighted by Crippen LogP contribution is 2.22. The Morgan fingerprint density at radius 2 is 1.65 bits per heavy atom. The van der Waals surface area contributed by atoms with E-state index in [4.69, 9.17) is 0 Å². The van der Waals surface area contributed by atoms with Crippen LogP contribution in [0.2, 0.25) is 0 Å². The summed E-state index contributed by atoms with van der Waals surface area (Å²) >= 11 is 2.25. The molecule has 3 nitrogen and oxygen atoms in total. The van der Waals surface area contributed by atoms with Gasteiger partial charge in [-0.2, -0.15) is 0 Å². The molecule has 0 unspecified atom stereocenters. The number of nitrogens with one attached hydrogen (secondary N) is 1. The van der Waals surface area contributed by atoms with Crippen molar-refractivity contribution in [1.82, 2.24) is 5.32 Å². The number of quaternary nitrogens is 1. The van der Waals surface area contributed by atoms with Gasteiger partial charge in [0.1, 0.15) is 0 Å². The molecule has 0 spiro atoms. The summed E-state index contributed by atoms with van der Waals surface area (Å²) in [5.74, 6) is 0.0416. The zero-order chi connectivity index (χ0) is 15.0. The molecule has 1 fully saturated rings. The molecule has 0 bridgehead atoms. The lowest BCUT2D eigenvalue weighted by Crippen LogP contribution is -3.06. The van der Waals surface area contributed by atoms with E-state index >= 15 is 0 Å². The first-order chi connectivity index (χ1) is 9.17. The predicted octanol–water partition coefficient (Wildman–Crippen LogP) is 2.30. The molecule has 0 saturated carbocycles. The summed E-state index contributed by atoms with van der Waals surface area (Å²) in [4.78, 5) is 12.3. The molecular weight excluding hydrogens is 363 g/mol. The average Bonchev–Trinajstić information content (AvgIpc) is 2.25. The van der Waals surface area contributed by atoms with Crippen molar-refractivity contribution in [3.05, 3.63) is 33.4 Å². The van der Waals surface area contributed by atoms with Gasteiger partial charge in [-0.25, -0.2) is 0 Å². The lowest BCUT2D eigenvalue weighted by Gasteiger charge is -2.43. The molecule has 0 aromatic heterocycles. The first-order valence-electron chi connectivity index (χ1n) is 7.10. The van der Waals surface area contributed by atoms with Crippen molar-refractivity contribution in [2.45, 2.75) is 57.7 Å². The minimum absolute atomic E-state index is 0.0416. The number of rotatable bonds is 2. The van der Waals surface area contributed by atoms with Gasteiger partial charge in [0.05, 0.1) is 11.1 Å². The molecule has 110 valence electrons. The Bertz CT molecular complexity index is 478. The minimum atomic E-state index is 0.0416. The number of hydrogen-bond donors (Lipinski definition) is 2. The molecular formula is C16H24IN2O+. The second-order valence-electron chi connectivity index (χ2n) is 7.21. The monoisotopic (exact) mass is 387 g/mol. The summed E-state index contributed by atoms with van der Waals surface area (Å²) in [6.45, 7) is 8.99. The number of halogens is 1. The van der Waals surface area contributed by atoms with E-state index in [1.165, 1.54) is 0 Å². The van der Waals surface area contributed by atoms with Crippen molar-refractivity contribution in [3.8, 4) is 0 Å². The summed E-state index contributed by atoms with van der Waals surface area (Å²) < 4.78 is 1.15. The molecule has 4 heteroatoms. The maximum absolute atomic E-state index is 12.3. The van der Waals surface area contributed by atoms with E-state index in [0.29, 0.717) is 0 Å². The van der Waals surface area contributed by atoms with E-state index < -0.39 is 0 Å². The fraction of sp³-hybridized carbons (Fsp3) is 0.562. The van der Waals surface area contributed by atoms with E-state index in [0.717, 1.165) is 22.0 Å². The highest BCUT2D eigenvalue weighted by molar-refractivity contribution is 14.1. The molecule has 1 aromatic rings. The van der Waals surface area contributed by atoms with Crippen LogP contribution in [0.15, 0.2) is 24.3 Å². The van der Waals surface area contributed by atoms with Crippen LogP contribution in [0.25, 0.3) is 0 Å². The number of amides is 1. The van der Waals surface area contributed by atoms with E-state index in [1.807, 2.05) is 24.3 Å². The Labute approximate surface area is 135 Å². The molecule has 0 radical (unpaired) electrons. The molecule has 1 aliphatic heterocycles. The summed E-state index contributed by atoms with van der Waals surface area (Å²) in [5, 5.41) is 5.63. The van der Waals surface area contributed by atoms with Gasteiger partial charge in [0.2, 0.25) is 0 Å². The number of nitrogens with two attached hydrogens (primary N) is 1. The Morgan fingerprint density at radius 1 is 1.15 bits per heavy atom. The molecule has 1 saturated heterocycles. The number of hydrogen-bond acceptors (Lipinski definition) is 1. The van der Waals surface area contributed by atoms with Gasteiger partial charge >= 0.3 is 0 Å². The quantitative estimate of drug-likeness (QED) is 0.752. The molecule has 1 aromatic carbocycles. The number of carbonyl (C=O) groups excluding carboxylic acids is 1. The number of carbonyl (C=O) groups is 1. The third-order valence-corrected chi connectivity index (χ3v) is 4.49. The van der Waals surface area contributed by atoms with Gasteiger partial charge in [0.15, 0.2) is 0 Å². The minimum Gasteiger partial charge on any atom is -0.349 e. The normalized spacial score (nSPS) is 21.4. The molecule has 1 amide bonds. The van der Waals surface area contributed by atoms with Crippen molar-refractivity contribution in [2.24, 2.45) is 0 Å². The highest BCUT2D eigenvalue weighted by Gasteiger charge is 2.42. The molecule has 1 heterocycles. The van der Waals surface area contributed by atoms with E-state index in [2.05, 4.69) is 60.9 Å². The smallest absolute Gasteiger partial charge is 0.251 e. The third kappa shape index (κ3) is 4.19. The van der Waals surface area contributed by atoms with Gasteiger partial charge in [-0.15, -0.1) is 0 Å². The van der Waals surface area contributed by atoms with E-state index in [1.54, 1.807) is 0 Å². The van der Waals surface area contributed by atoms with E-state index in [-0.39, 0.29) is 23.0 Å². The van der Waals surface area contributed by atoms with Crippen molar-refractivity contribution >= 4 is 28.5 Å². The van der Waals surface area contributed by atoms with Crippen LogP contribution >= 0.6 is 22.6 Å². The van der Waals surface area contributed by atoms with Crippen LogP contribution in [0.1, 0.15) is 50.9 Å². The number of benzene rings is 1. The molecule has 20 heavy (non-hydrogen) atoms. The Morgan fingerprint density at radius 3 is 2.15 bits per heavy atom. The van der Waals surface area contributed by atoms with Crippen LogP contribution < -0.4 is 10.6 Å². The summed E-state index contributed by atoms with van der Waals surface area (Å²) in [5.41, 5.74) is 1.09. The zero-order valence-electron chi connectivity index (χ0n) is 12.7. The van der Waals surface area contributed by atoms with Crippen molar-refractivity contribution in [1.29, 1.82) is 0 Å². The largest absolute Gasteiger partial charge is 0.349 e. The summed E-state index contributed by atoms with van der Waals surface area (Å²) in [6, 6.07) is 7.97. The van der Waals surface area contributed by atoms with Crippen LogP contribution in [-0.2, 0) is 0 Å². The van der Waals surface area contributed by atoms with Gasteiger partial charge in [0, 0.05) is 28.0 Å². The van der Waals surface area contributed by atoms with Gasteiger partial charge in [-0.1, -0.05) is 0 Å². The Kier molecular flexibility index (Phi) is 4.44. The molecule has 2 rings (SSSR count). The standard InChI is InChI=1S/C16H23IN2O/c1-15(2)9-13(10-16(3,4)19-15)18-14(20)11-5-7-12(17)8-6-11/h5-8,13,19H,9-10H2,1-4H3,(H,18,20)/p+1. The zero-order valence-corrected chi connectivity index (χ0v) is 14.8. The topological polar surface area (TPSA) is 45.7 Å². The van der Waals surface area contributed by atoms with Gasteiger partial charge in [-0.05, 0) is 74.6 Å². The summed E-state index contributed by atoms with van der Waals surface area (Å²) in [7, 11) is 0.